The summed E-state index contributed by atoms with van der Waals surface area (Å²) in [5.41, 5.74) is -0.334. The van der Waals surface area contributed by atoms with Crippen molar-refractivity contribution in [1.82, 2.24) is 19.6 Å². The fraction of sp³-hybridized carbons (Fsp3) is 0.607. The van der Waals surface area contributed by atoms with Gasteiger partial charge in [0, 0.05) is 45.4 Å². The number of halogens is 3. The summed E-state index contributed by atoms with van der Waals surface area (Å²) in [5, 5.41) is 6.70. The lowest BCUT2D eigenvalue weighted by atomic mass is 10.1. The largest absolute Gasteiger partial charge is 0.490 e. The molecule has 0 aliphatic carbocycles. The highest BCUT2D eigenvalue weighted by Crippen LogP contribution is 2.34. The normalized spacial score (nSPS) is 19.6. The predicted molar refractivity (Wildman–Crippen MR) is 151 cm³/mol. The van der Waals surface area contributed by atoms with Crippen molar-refractivity contribution in [2.45, 2.75) is 70.7 Å². The Kier molecular flexibility index (Phi) is 10.5. The molecule has 0 spiro atoms. The second-order valence-electron chi connectivity index (χ2n) is 11.0. The standard InChI is InChI=1S/C28H38F3N5O5S/c1-21(37)32-26-7-14-36(33-26)27(38)35-12-5-3-2-4-10-34(11-6-13-35)20-22-17-23(28(29,30)31)19-25(18-22)41-24-8-15-42(39,40)16-9-24/h7,14,17-19,24H,2-6,8-13,15-16,20H2,1H3,(H,32,33,37). The molecular weight excluding hydrogens is 575 g/mol. The van der Waals surface area contributed by atoms with E-state index >= 15 is 0 Å². The maximum Gasteiger partial charge on any atom is 0.416 e. The number of ether oxygens (including phenoxy) is 1. The van der Waals surface area contributed by atoms with E-state index in [-0.39, 0.29) is 54.4 Å². The quantitative estimate of drug-likeness (QED) is 0.526. The van der Waals surface area contributed by atoms with E-state index in [9.17, 15) is 31.2 Å². The van der Waals surface area contributed by atoms with Crippen LogP contribution in [0.4, 0.5) is 23.8 Å². The van der Waals surface area contributed by atoms with Crippen LogP contribution in [-0.4, -0.2) is 83.7 Å². The van der Waals surface area contributed by atoms with E-state index in [1.54, 1.807) is 17.0 Å². The van der Waals surface area contributed by atoms with Crippen LogP contribution in [0.15, 0.2) is 30.5 Å². The third kappa shape index (κ3) is 9.45. The zero-order valence-corrected chi connectivity index (χ0v) is 24.6. The Labute approximate surface area is 244 Å². The molecule has 0 unspecified atom stereocenters. The first-order chi connectivity index (χ1) is 19.9. The summed E-state index contributed by atoms with van der Waals surface area (Å²) in [6.45, 7) is 3.94. The molecule has 2 amide bonds. The molecule has 0 saturated carbocycles. The van der Waals surface area contributed by atoms with Gasteiger partial charge >= 0.3 is 12.2 Å². The predicted octanol–water partition coefficient (Wildman–Crippen LogP) is 4.55. The highest BCUT2D eigenvalue weighted by Gasteiger charge is 2.32. The van der Waals surface area contributed by atoms with Crippen LogP contribution in [0.1, 0.15) is 63.0 Å². The van der Waals surface area contributed by atoms with Crippen LogP contribution in [0.5, 0.6) is 5.75 Å². The third-order valence-electron chi connectivity index (χ3n) is 7.42. The number of carbonyl (C=O) groups is 2. The van der Waals surface area contributed by atoms with Crippen molar-refractivity contribution in [2.75, 3.05) is 43.0 Å². The van der Waals surface area contributed by atoms with E-state index in [0.717, 1.165) is 37.8 Å². The van der Waals surface area contributed by atoms with Gasteiger partial charge in [-0.2, -0.15) is 17.9 Å². The number of carbonyl (C=O) groups excluding carboxylic acids is 2. The van der Waals surface area contributed by atoms with Gasteiger partial charge in [-0.25, -0.2) is 13.2 Å². The van der Waals surface area contributed by atoms with Crippen molar-refractivity contribution in [3.05, 3.63) is 41.6 Å². The fourth-order valence-electron chi connectivity index (χ4n) is 5.29. The molecule has 1 aromatic heterocycles. The van der Waals surface area contributed by atoms with E-state index in [1.807, 2.05) is 0 Å². The van der Waals surface area contributed by atoms with Gasteiger partial charge in [0.05, 0.1) is 17.1 Å². The molecular formula is C28H38F3N5O5S. The van der Waals surface area contributed by atoms with Crippen LogP contribution >= 0.6 is 0 Å². The van der Waals surface area contributed by atoms with Gasteiger partial charge in [0.2, 0.25) is 5.91 Å². The van der Waals surface area contributed by atoms with E-state index in [2.05, 4.69) is 15.3 Å². The van der Waals surface area contributed by atoms with Crippen molar-refractivity contribution < 1.29 is 35.9 Å². The number of sulfone groups is 1. The summed E-state index contributed by atoms with van der Waals surface area (Å²) in [6, 6.07) is 4.99. The lowest BCUT2D eigenvalue weighted by Gasteiger charge is -2.26. The number of nitrogens with one attached hydrogen (secondary N) is 1. The van der Waals surface area contributed by atoms with Crippen LogP contribution in [0, 0.1) is 0 Å². The van der Waals surface area contributed by atoms with Gasteiger partial charge < -0.3 is 15.0 Å². The topological polar surface area (TPSA) is 114 Å². The van der Waals surface area contributed by atoms with Crippen LogP contribution in [-0.2, 0) is 27.4 Å². The first-order valence-electron chi connectivity index (χ1n) is 14.3. The first kappa shape index (κ1) is 31.8. The summed E-state index contributed by atoms with van der Waals surface area (Å²) in [7, 11) is -3.12. The molecule has 3 heterocycles. The molecule has 0 bridgehead atoms. The molecule has 1 N–H and O–H groups in total. The monoisotopic (exact) mass is 613 g/mol. The van der Waals surface area contributed by atoms with Crippen LogP contribution < -0.4 is 10.1 Å². The Balaban J connectivity index is 1.43. The Morgan fingerprint density at radius 2 is 1.67 bits per heavy atom. The second kappa shape index (κ2) is 13.9. The van der Waals surface area contributed by atoms with Gasteiger partial charge in [0.1, 0.15) is 11.9 Å². The molecule has 14 heteroatoms. The van der Waals surface area contributed by atoms with Crippen LogP contribution in [0.2, 0.25) is 0 Å². The average molecular weight is 614 g/mol. The van der Waals surface area contributed by atoms with Crippen molar-refractivity contribution in [1.29, 1.82) is 0 Å². The molecule has 2 saturated heterocycles. The molecule has 232 valence electrons. The number of amides is 2. The molecule has 0 atom stereocenters. The average Bonchev–Trinajstić information content (AvgIpc) is 3.35. The van der Waals surface area contributed by atoms with Crippen molar-refractivity contribution >= 4 is 27.6 Å². The van der Waals surface area contributed by atoms with Crippen molar-refractivity contribution in [3.63, 3.8) is 0 Å². The molecule has 2 fully saturated rings. The Morgan fingerprint density at radius 3 is 2.36 bits per heavy atom. The Morgan fingerprint density at radius 1 is 1.00 bits per heavy atom. The summed E-state index contributed by atoms with van der Waals surface area (Å²) in [4.78, 5) is 28.2. The number of rotatable bonds is 5. The van der Waals surface area contributed by atoms with E-state index in [4.69, 9.17) is 4.74 Å². The molecule has 0 radical (unpaired) electrons. The number of alkyl halides is 3. The lowest BCUT2D eigenvalue weighted by molar-refractivity contribution is -0.137. The van der Waals surface area contributed by atoms with Crippen molar-refractivity contribution in [2.24, 2.45) is 0 Å². The summed E-state index contributed by atoms with van der Waals surface area (Å²) in [5.74, 6) is 0.0304. The molecule has 42 heavy (non-hydrogen) atoms. The van der Waals surface area contributed by atoms with Gasteiger partial charge in [0.25, 0.3) is 0 Å². The number of benzene rings is 1. The number of hydrogen-bond donors (Lipinski definition) is 1. The number of aromatic nitrogens is 2. The second-order valence-corrected chi connectivity index (χ2v) is 13.3. The number of anilines is 1. The van der Waals surface area contributed by atoms with Gasteiger partial charge in [-0.1, -0.05) is 12.8 Å². The fourth-order valence-corrected chi connectivity index (χ4v) is 6.74. The van der Waals surface area contributed by atoms with Gasteiger partial charge in [-0.3, -0.25) is 9.69 Å². The Bertz CT molecular complexity index is 1330. The molecule has 2 aliphatic heterocycles. The summed E-state index contributed by atoms with van der Waals surface area (Å²) in [6.07, 6.45) is 1.16. The molecule has 2 aliphatic rings. The van der Waals surface area contributed by atoms with Gasteiger partial charge in [-0.15, -0.1) is 5.10 Å². The molecule has 10 nitrogen and oxygen atoms in total. The maximum atomic E-state index is 13.8. The highest BCUT2D eigenvalue weighted by atomic mass is 32.2. The minimum Gasteiger partial charge on any atom is -0.490 e. The first-order valence-corrected chi connectivity index (χ1v) is 16.1. The number of hydrogen-bond acceptors (Lipinski definition) is 7. The minimum absolute atomic E-state index is 0.0341. The summed E-state index contributed by atoms with van der Waals surface area (Å²) < 4.78 is 71.9. The van der Waals surface area contributed by atoms with Crippen molar-refractivity contribution in [3.8, 4) is 5.75 Å². The lowest BCUT2D eigenvalue weighted by Crippen LogP contribution is -2.38. The molecule has 4 rings (SSSR count). The zero-order chi connectivity index (χ0) is 30.3. The van der Waals surface area contributed by atoms with Crippen LogP contribution in [0.25, 0.3) is 0 Å². The third-order valence-corrected chi connectivity index (χ3v) is 9.13. The highest BCUT2D eigenvalue weighted by molar-refractivity contribution is 7.91. The van der Waals surface area contributed by atoms with E-state index < -0.39 is 27.7 Å². The SMILES string of the molecule is CC(=O)Nc1ccn(C(=O)N2CCCCCCN(Cc3cc(OC4CCS(=O)(=O)CC4)cc(C(F)(F)F)c3)CCC2)n1. The molecule has 1 aromatic carbocycles. The van der Waals surface area contributed by atoms with Gasteiger partial charge in [-0.05, 0) is 62.4 Å². The maximum absolute atomic E-state index is 13.8. The molecule has 2 aromatic rings. The zero-order valence-electron chi connectivity index (χ0n) is 23.7. The minimum atomic E-state index is -4.55. The smallest absolute Gasteiger partial charge is 0.416 e. The summed E-state index contributed by atoms with van der Waals surface area (Å²) >= 11 is 0. The number of nitrogens with zero attached hydrogens (tertiary/aromatic N) is 4. The van der Waals surface area contributed by atoms with E-state index in [0.29, 0.717) is 38.2 Å². The Hall–Kier alpha value is -3.13. The van der Waals surface area contributed by atoms with Crippen LogP contribution in [0.3, 0.4) is 0 Å². The van der Waals surface area contributed by atoms with Gasteiger partial charge in [0.15, 0.2) is 15.7 Å². The van der Waals surface area contributed by atoms with E-state index in [1.165, 1.54) is 17.8 Å².